The summed E-state index contributed by atoms with van der Waals surface area (Å²) >= 11 is 6.09. The summed E-state index contributed by atoms with van der Waals surface area (Å²) in [4.78, 5) is 38.7. The minimum Gasteiger partial charge on any atom is -0.452 e. The molecule has 0 unspecified atom stereocenters. The Morgan fingerprint density at radius 2 is 2.10 bits per heavy atom. The average molecular weight is 414 g/mol. The summed E-state index contributed by atoms with van der Waals surface area (Å²) in [6, 6.07) is 10.1. The Labute approximate surface area is 173 Å². The molecule has 150 valence electrons. The molecule has 8 heteroatoms. The molecule has 0 bridgehead atoms. The molecule has 2 N–H and O–H groups in total. The van der Waals surface area contributed by atoms with Crippen molar-refractivity contribution in [3.8, 4) is 0 Å². The van der Waals surface area contributed by atoms with Crippen LogP contribution in [-0.2, 0) is 14.3 Å². The van der Waals surface area contributed by atoms with Gasteiger partial charge in [-0.25, -0.2) is 4.79 Å². The maximum absolute atomic E-state index is 12.4. The summed E-state index contributed by atoms with van der Waals surface area (Å²) in [5, 5.41) is 5.88. The van der Waals surface area contributed by atoms with Gasteiger partial charge in [0.05, 0.1) is 27.6 Å². The predicted molar refractivity (Wildman–Crippen MR) is 111 cm³/mol. The normalized spacial score (nSPS) is 17.2. The number of nitrogens with one attached hydrogen (secondary N) is 2. The third-order valence-electron chi connectivity index (χ3n) is 5.09. The fourth-order valence-electron chi connectivity index (χ4n) is 3.68. The summed E-state index contributed by atoms with van der Waals surface area (Å²) in [6.45, 7) is 2.27. The van der Waals surface area contributed by atoms with Gasteiger partial charge in [-0.1, -0.05) is 17.7 Å². The topological polar surface area (TPSA) is 87.7 Å². The van der Waals surface area contributed by atoms with E-state index in [1.807, 2.05) is 13.0 Å². The molecule has 1 atom stereocenters. The lowest BCUT2D eigenvalue weighted by Gasteiger charge is -2.33. The number of hydrogen-bond acceptors (Lipinski definition) is 5. The highest BCUT2D eigenvalue weighted by Gasteiger charge is 2.36. The minimum atomic E-state index is -0.643. The fourth-order valence-corrected chi connectivity index (χ4v) is 3.96. The van der Waals surface area contributed by atoms with Gasteiger partial charge < -0.3 is 20.3 Å². The van der Waals surface area contributed by atoms with Crippen LogP contribution in [0.3, 0.4) is 0 Å². The summed E-state index contributed by atoms with van der Waals surface area (Å²) in [6.07, 6.45) is 1.79. The van der Waals surface area contributed by atoms with E-state index in [0.717, 1.165) is 30.6 Å². The molecule has 0 spiro atoms. The first-order valence-corrected chi connectivity index (χ1v) is 9.75. The molecule has 2 aliphatic rings. The molecule has 0 aliphatic carbocycles. The zero-order valence-electron chi connectivity index (χ0n) is 15.8. The van der Waals surface area contributed by atoms with Crippen LogP contribution in [0.5, 0.6) is 0 Å². The molecule has 1 fully saturated rings. The number of benzene rings is 2. The molecule has 0 radical (unpaired) electrons. The van der Waals surface area contributed by atoms with Crippen LogP contribution in [0, 0.1) is 6.92 Å². The van der Waals surface area contributed by atoms with Crippen molar-refractivity contribution < 1.29 is 19.1 Å². The molecule has 0 saturated carbocycles. The molecule has 7 nitrogen and oxygen atoms in total. The van der Waals surface area contributed by atoms with Crippen LogP contribution in [0.25, 0.3) is 0 Å². The quantitative estimate of drug-likeness (QED) is 0.750. The van der Waals surface area contributed by atoms with E-state index in [9.17, 15) is 14.4 Å². The van der Waals surface area contributed by atoms with Gasteiger partial charge in [0.15, 0.2) is 6.61 Å². The maximum Gasteiger partial charge on any atom is 0.338 e. The van der Waals surface area contributed by atoms with Gasteiger partial charge in [-0.3, -0.25) is 9.59 Å². The van der Waals surface area contributed by atoms with Crippen LogP contribution in [0.4, 0.5) is 17.1 Å². The van der Waals surface area contributed by atoms with Crippen LogP contribution in [0.1, 0.15) is 28.8 Å². The molecule has 29 heavy (non-hydrogen) atoms. The second-order valence-corrected chi connectivity index (χ2v) is 7.59. The number of carbonyl (C=O) groups excluding carboxylic acids is 3. The van der Waals surface area contributed by atoms with E-state index in [-0.39, 0.29) is 17.5 Å². The van der Waals surface area contributed by atoms with Gasteiger partial charge in [0.25, 0.3) is 5.91 Å². The lowest BCUT2D eigenvalue weighted by atomic mass is 10.1. The molecule has 0 aromatic heterocycles. The van der Waals surface area contributed by atoms with Crippen molar-refractivity contribution in [2.24, 2.45) is 0 Å². The van der Waals surface area contributed by atoms with Crippen LogP contribution in [0.2, 0.25) is 5.02 Å². The average Bonchev–Trinajstić information content (AvgIpc) is 3.19. The van der Waals surface area contributed by atoms with Crippen molar-refractivity contribution in [1.29, 1.82) is 0 Å². The highest BCUT2D eigenvalue weighted by Crippen LogP contribution is 2.37. The minimum absolute atomic E-state index is 0.0603. The van der Waals surface area contributed by atoms with Gasteiger partial charge in [0, 0.05) is 6.54 Å². The van der Waals surface area contributed by atoms with Crippen molar-refractivity contribution in [3.63, 3.8) is 0 Å². The van der Waals surface area contributed by atoms with E-state index < -0.39 is 18.5 Å². The number of rotatable bonds is 4. The summed E-state index contributed by atoms with van der Waals surface area (Å²) in [5.74, 6) is -1.19. The summed E-state index contributed by atoms with van der Waals surface area (Å²) in [5.41, 5.74) is 3.17. The number of amides is 2. The molecule has 2 aromatic rings. The summed E-state index contributed by atoms with van der Waals surface area (Å²) < 4.78 is 5.11. The SMILES string of the molecule is Cc1ccc(NC(=O)COC(=O)c2ccc3c(c2)NC(=O)[C@H]2CCCN32)c(Cl)c1. The van der Waals surface area contributed by atoms with Crippen LogP contribution in [-0.4, -0.2) is 37.0 Å². The van der Waals surface area contributed by atoms with E-state index in [0.29, 0.717) is 16.4 Å². The Balaban J connectivity index is 1.39. The van der Waals surface area contributed by atoms with Gasteiger partial charge in [0.2, 0.25) is 5.91 Å². The van der Waals surface area contributed by atoms with Crippen molar-refractivity contribution in [2.45, 2.75) is 25.8 Å². The first kappa shape index (κ1) is 19.3. The smallest absolute Gasteiger partial charge is 0.338 e. The Kier molecular flexibility index (Phi) is 5.15. The lowest BCUT2D eigenvalue weighted by molar-refractivity contribution is -0.119. The molecule has 4 rings (SSSR count). The highest BCUT2D eigenvalue weighted by molar-refractivity contribution is 6.33. The van der Waals surface area contributed by atoms with Gasteiger partial charge in [0.1, 0.15) is 6.04 Å². The van der Waals surface area contributed by atoms with Crippen LogP contribution in [0.15, 0.2) is 36.4 Å². The Hall–Kier alpha value is -3.06. The second kappa shape index (κ2) is 7.75. The predicted octanol–water partition coefficient (Wildman–Crippen LogP) is 3.36. The molecule has 1 saturated heterocycles. The number of carbonyl (C=O) groups is 3. The zero-order chi connectivity index (χ0) is 20.5. The van der Waals surface area contributed by atoms with E-state index in [1.165, 1.54) is 0 Å². The second-order valence-electron chi connectivity index (χ2n) is 7.18. The maximum atomic E-state index is 12.4. The van der Waals surface area contributed by atoms with Gasteiger partial charge in [-0.05, 0) is 55.7 Å². The van der Waals surface area contributed by atoms with Crippen LogP contribution >= 0.6 is 11.6 Å². The zero-order valence-corrected chi connectivity index (χ0v) is 16.6. The standard InChI is InChI=1S/C21H20ClN3O4/c1-12-4-6-15(14(22)9-12)23-19(26)11-29-21(28)13-5-7-17-16(10-13)24-20(27)18-3-2-8-25(17)18/h4-7,9-10,18H,2-3,8,11H2,1H3,(H,23,26)(H,24,27)/t18-/m1/s1. The molecule has 2 amide bonds. The molecular weight excluding hydrogens is 394 g/mol. The molecule has 2 aromatic carbocycles. The van der Waals surface area contributed by atoms with Crippen molar-refractivity contribution in [3.05, 3.63) is 52.5 Å². The first-order chi connectivity index (χ1) is 13.9. The number of anilines is 3. The Morgan fingerprint density at radius 1 is 1.28 bits per heavy atom. The number of fused-ring (bicyclic) bond motifs is 3. The first-order valence-electron chi connectivity index (χ1n) is 9.37. The number of halogens is 1. The third kappa shape index (κ3) is 3.91. The number of esters is 1. The Bertz CT molecular complexity index is 1010. The Morgan fingerprint density at radius 3 is 2.90 bits per heavy atom. The summed E-state index contributed by atoms with van der Waals surface area (Å²) in [7, 11) is 0. The van der Waals surface area contributed by atoms with Crippen LogP contribution < -0.4 is 15.5 Å². The number of nitrogens with zero attached hydrogens (tertiary/aromatic N) is 1. The van der Waals surface area contributed by atoms with E-state index >= 15 is 0 Å². The van der Waals surface area contributed by atoms with Gasteiger partial charge >= 0.3 is 5.97 Å². The van der Waals surface area contributed by atoms with Crippen molar-refractivity contribution in [1.82, 2.24) is 0 Å². The highest BCUT2D eigenvalue weighted by atomic mass is 35.5. The molecule has 2 heterocycles. The lowest BCUT2D eigenvalue weighted by Crippen LogP contribution is -2.43. The number of ether oxygens (including phenoxy) is 1. The number of aryl methyl sites for hydroxylation is 1. The van der Waals surface area contributed by atoms with Crippen molar-refractivity contribution in [2.75, 3.05) is 28.7 Å². The largest absolute Gasteiger partial charge is 0.452 e. The molecule has 2 aliphatic heterocycles. The van der Waals surface area contributed by atoms with Crippen molar-refractivity contribution >= 4 is 46.4 Å². The monoisotopic (exact) mass is 413 g/mol. The van der Waals surface area contributed by atoms with E-state index in [2.05, 4.69) is 15.5 Å². The van der Waals surface area contributed by atoms with E-state index in [4.69, 9.17) is 16.3 Å². The fraction of sp³-hybridized carbons (Fsp3) is 0.286. The van der Waals surface area contributed by atoms with E-state index in [1.54, 1.807) is 30.3 Å². The van der Waals surface area contributed by atoms with Gasteiger partial charge in [-0.15, -0.1) is 0 Å². The molecular formula is C21H20ClN3O4. The van der Waals surface area contributed by atoms with Gasteiger partial charge in [-0.2, -0.15) is 0 Å². The third-order valence-corrected chi connectivity index (χ3v) is 5.40. The number of hydrogen-bond donors (Lipinski definition) is 2.